The van der Waals surface area contributed by atoms with Crippen molar-refractivity contribution in [2.24, 2.45) is 0 Å². The molecule has 0 aromatic heterocycles. The maximum Gasteiger partial charge on any atom is 0.187 e. The quantitative estimate of drug-likeness (QED) is 0.295. The van der Waals surface area contributed by atoms with Crippen LogP contribution in [0, 0.1) is 13.8 Å². The highest BCUT2D eigenvalue weighted by molar-refractivity contribution is 4.27. The van der Waals surface area contributed by atoms with Crippen LogP contribution in [-0.2, 0) is 9.47 Å². The topological polar surface area (TPSA) is 18.5 Å². The molecule has 0 spiro atoms. The number of hydrogen-bond donors (Lipinski definition) is 0. The van der Waals surface area contributed by atoms with Gasteiger partial charge in [-0.3, -0.25) is 0 Å². The fourth-order valence-corrected chi connectivity index (χ4v) is 0.177. The van der Waals surface area contributed by atoms with E-state index >= 15 is 0 Å². The minimum Gasteiger partial charge on any atom is -0.314 e. The third-order valence-electron chi connectivity index (χ3n) is 0.455. The maximum atomic E-state index is 4.70. The van der Waals surface area contributed by atoms with Crippen molar-refractivity contribution in [1.82, 2.24) is 0 Å². The van der Waals surface area contributed by atoms with Crippen molar-refractivity contribution in [3.05, 3.63) is 13.8 Å². The Labute approximate surface area is 44.4 Å². The Bertz CT molecular complexity index is 25.3. The first-order chi connectivity index (χ1) is 3.41. The predicted molar refractivity (Wildman–Crippen MR) is 27.5 cm³/mol. The minimum atomic E-state index is 0.312. The molecule has 0 radical (unpaired) electrons. The van der Waals surface area contributed by atoms with Crippen LogP contribution in [0.15, 0.2) is 0 Å². The first-order valence-corrected chi connectivity index (χ1v) is 2.15. The summed E-state index contributed by atoms with van der Waals surface area (Å²) < 4.78 is 9.40. The lowest BCUT2D eigenvalue weighted by Crippen LogP contribution is -1.97. The Morgan fingerprint density at radius 1 is 1.00 bits per heavy atom. The lowest BCUT2D eigenvalue weighted by molar-refractivity contribution is -0.0343. The van der Waals surface area contributed by atoms with Gasteiger partial charge in [-0.2, -0.15) is 0 Å². The molecule has 0 heterocycles. The summed E-state index contributed by atoms with van der Waals surface area (Å²) in [7, 11) is 0. The van der Waals surface area contributed by atoms with Gasteiger partial charge in [-0.05, 0) is 0 Å². The van der Waals surface area contributed by atoms with E-state index < -0.39 is 0 Å². The van der Waals surface area contributed by atoms with Crippen LogP contribution in [0.2, 0.25) is 0 Å². The van der Waals surface area contributed by atoms with E-state index in [4.69, 9.17) is 9.47 Å². The van der Waals surface area contributed by atoms with Gasteiger partial charge >= 0.3 is 0 Å². The smallest absolute Gasteiger partial charge is 0.187 e. The van der Waals surface area contributed by atoms with Crippen LogP contribution in [0.4, 0.5) is 0 Å². The molecule has 0 aromatic rings. The summed E-state index contributed by atoms with van der Waals surface area (Å²) in [6.07, 6.45) is 0. The van der Waals surface area contributed by atoms with Crippen molar-refractivity contribution in [2.75, 3.05) is 20.0 Å². The Hall–Kier alpha value is -0.340. The summed E-state index contributed by atoms with van der Waals surface area (Å²) >= 11 is 0. The minimum absolute atomic E-state index is 0.312. The zero-order chi connectivity index (χ0) is 5.54. The Morgan fingerprint density at radius 2 is 1.43 bits per heavy atom. The van der Waals surface area contributed by atoms with Crippen molar-refractivity contribution >= 4 is 0 Å². The van der Waals surface area contributed by atoms with Gasteiger partial charge in [0.1, 0.15) is 0 Å². The molecular formula is C5H10O2+2. The average Bonchev–Trinajstić information content (AvgIpc) is 1.69. The van der Waals surface area contributed by atoms with E-state index in [-0.39, 0.29) is 0 Å². The van der Waals surface area contributed by atoms with Gasteiger partial charge < -0.3 is 9.47 Å². The summed E-state index contributed by atoms with van der Waals surface area (Å²) in [6.45, 7) is 8.10. The van der Waals surface area contributed by atoms with E-state index in [2.05, 4.69) is 13.8 Å². The van der Waals surface area contributed by atoms with E-state index in [1.807, 2.05) is 0 Å². The second-order valence-electron chi connectivity index (χ2n) is 0.934. The van der Waals surface area contributed by atoms with Crippen LogP contribution in [0.25, 0.3) is 0 Å². The normalized spacial score (nSPS) is 9.14. The first kappa shape index (κ1) is 6.66. The zero-order valence-electron chi connectivity index (χ0n) is 4.35. The molecule has 0 N–H and O–H groups in total. The monoisotopic (exact) mass is 102 g/mol. The molecule has 0 unspecified atom stereocenters. The van der Waals surface area contributed by atoms with Crippen molar-refractivity contribution in [1.29, 1.82) is 0 Å². The lowest BCUT2D eigenvalue weighted by atomic mass is 10.9. The van der Waals surface area contributed by atoms with E-state index in [0.29, 0.717) is 20.0 Å². The molecule has 7 heavy (non-hydrogen) atoms. The van der Waals surface area contributed by atoms with Crippen LogP contribution in [-0.4, -0.2) is 20.0 Å². The molecular weight excluding hydrogens is 92.1 g/mol. The van der Waals surface area contributed by atoms with Crippen LogP contribution in [0.3, 0.4) is 0 Å². The predicted octanol–water partition coefficient (Wildman–Crippen LogP) is 0.645. The summed E-state index contributed by atoms with van der Waals surface area (Å²) in [5, 5.41) is 0. The number of rotatable bonds is 4. The molecule has 0 aliphatic carbocycles. The zero-order valence-corrected chi connectivity index (χ0v) is 4.35. The van der Waals surface area contributed by atoms with Crippen molar-refractivity contribution in [3.8, 4) is 0 Å². The third-order valence-corrected chi connectivity index (χ3v) is 0.455. The van der Waals surface area contributed by atoms with E-state index in [0.717, 1.165) is 0 Å². The Kier molecular flexibility index (Phi) is 5.39. The van der Waals surface area contributed by atoms with Crippen molar-refractivity contribution in [2.45, 2.75) is 0 Å². The standard InChI is InChI=1S/C5H10O2/c1-3-6-5-7-4-2/h1-5H2/q+2. The van der Waals surface area contributed by atoms with Crippen molar-refractivity contribution < 1.29 is 9.47 Å². The summed E-state index contributed by atoms with van der Waals surface area (Å²) in [5.41, 5.74) is 0. The van der Waals surface area contributed by atoms with Crippen LogP contribution in [0.5, 0.6) is 0 Å². The second-order valence-corrected chi connectivity index (χ2v) is 0.934. The Morgan fingerprint density at radius 3 is 1.71 bits per heavy atom. The van der Waals surface area contributed by atoms with E-state index in [1.54, 1.807) is 0 Å². The fourth-order valence-electron chi connectivity index (χ4n) is 0.177. The highest BCUT2D eigenvalue weighted by Gasteiger charge is 1.83. The fraction of sp³-hybridized carbons (Fsp3) is 0.600. The van der Waals surface area contributed by atoms with Gasteiger partial charge in [0, 0.05) is 0 Å². The van der Waals surface area contributed by atoms with Gasteiger partial charge in [0.2, 0.25) is 0 Å². The molecule has 0 amide bonds. The largest absolute Gasteiger partial charge is 0.314 e. The molecule has 0 saturated carbocycles. The summed E-state index contributed by atoms with van der Waals surface area (Å²) in [4.78, 5) is 0. The van der Waals surface area contributed by atoms with Gasteiger partial charge in [-0.1, -0.05) is 0 Å². The van der Waals surface area contributed by atoms with Crippen LogP contribution >= 0.6 is 0 Å². The third kappa shape index (κ3) is 5.66. The molecule has 2 heteroatoms. The molecule has 0 aromatic carbocycles. The SMILES string of the molecule is [CH2+]COCOC[CH2+]. The molecule has 40 valence electrons. The molecule has 0 bridgehead atoms. The summed E-state index contributed by atoms with van der Waals surface area (Å²) in [6, 6.07) is 0. The Balaban J connectivity index is 2.45. The van der Waals surface area contributed by atoms with Crippen LogP contribution < -0.4 is 0 Å². The van der Waals surface area contributed by atoms with Gasteiger partial charge in [-0.15, -0.1) is 0 Å². The molecule has 0 aliphatic rings. The molecule has 0 aliphatic heterocycles. The molecule has 0 fully saturated rings. The van der Waals surface area contributed by atoms with E-state index in [9.17, 15) is 0 Å². The van der Waals surface area contributed by atoms with Crippen LogP contribution in [0.1, 0.15) is 0 Å². The number of ether oxygens (including phenoxy) is 2. The maximum absolute atomic E-state index is 4.70. The highest BCUT2D eigenvalue weighted by atomic mass is 16.7. The number of hydrogen-bond acceptors (Lipinski definition) is 2. The molecule has 0 atom stereocenters. The van der Waals surface area contributed by atoms with Gasteiger partial charge in [0.25, 0.3) is 0 Å². The molecule has 0 saturated heterocycles. The molecule has 0 rings (SSSR count). The van der Waals surface area contributed by atoms with Gasteiger partial charge in [0.05, 0.1) is 13.8 Å². The van der Waals surface area contributed by atoms with Crippen molar-refractivity contribution in [3.63, 3.8) is 0 Å². The first-order valence-electron chi connectivity index (χ1n) is 2.15. The summed E-state index contributed by atoms with van der Waals surface area (Å²) in [5.74, 6) is 0. The second kappa shape index (κ2) is 5.66. The average molecular weight is 102 g/mol. The van der Waals surface area contributed by atoms with Gasteiger partial charge in [-0.25, -0.2) is 0 Å². The van der Waals surface area contributed by atoms with Gasteiger partial charge in [0.15, 0.2) is 20.0 Å². The highest BCUT2D eigenvalue weighted by Crippen LogP contribution is 1.73. The molecule has 2 nitrogen and oxygen atoms in total. The lowest BCUT2D eigenvalue weighted by Gasteiger charge is -1.91. The van der Waals surface area contributed by atoms with E-state index in [1.165, 1.54) is 0 Å².